The van der Waals surface area contributed by atoms with Crippen LogP contribution < -0.4 is 0 Å². The molecule has 0 saturated carbocycles. The highest BCUT2D eigenvalue weighted by Crippen LogP contribution is 2.05. The third kappa shape index (κ3) is 7.97. The molecule has 0 heterocycles. The van der Waals surface area contributed by atoms with Crippen molar-refractivity contribution in [3.05, 3.63) is 11.6 Å². The topological polar surface area (TPSA) is 29.5 Å². The van der Waals surface area contributed by atoms with E-state index in [0.29, 0.717) is 5.57 Å². The first-order valence-corrected chi connectivity index (χ1v) is 6.79. The standard InChI is InChI=1S/C14H27NO2/c1-5-8-11-15(12-9-6-2)17-14(16)13(4)10-7-3/h10H,5-9,11-12H2,1-4H3. The summed E-state index contributed by atoms with van der Waals surface area (Å²) in [5.41, 5.74) is 0.700. The molecule has 3 heteroatoms. The summed E-state index contributed by atoms with van der Waals surface area (Å²) in [6, 6.07) is 0. The minimum absolute atomic E-state index is 0.209. The van der Waals surface area contributed by atoms with Gasteiger partial charge >= 0.3 is 5.97 Å². The molecule has 3 nitrogen and oxygen atoms in total. The van der Waals surface area contributed by atoms with Gasteiger partial charge in [0.25, 0.3) is 0 Å². The van der Waals surface area contributed by atoms with Crippen molar-refractivity contribution in [3.8, 4) is 0 Å². The van der Waals surface area contributed by atoms with Crippen LogP contribution >= 0.6 is 0 Å². The van der Waals surface area contributed by atoms with Crippen molar-refractivity contribution in [1.82, 2.24) is 5.06 Å². The number of allylic oxidation sites excluding steroid dienone is 1. The number of hydrogen-bond donors (Lipinski definition) is 0. The molecule has 17 heavy (non-hydrogen) atoms. The van der Waals surface area contributed by atoms with Gasteiger partial charge in [0, 0.05) is 18.7 Å². The van der Waals surface area contributed by atoms with Gasteiger partial charge in [-0.25, -0.2) is 4.79 Å². The molecule has 0 spiro atoms. The Morgan fingerprint density at radius 1 is 1.12 bits per heavy atom. The molecule has 0 N–H and O–H groups in total. The number of unbranched alkanes of at least 4 members (excludes halogenated alkanes) is 2. The van der Waals surface area contributed by atoms with Crippen molar-refractivity contribution < 1.29 is 9.63 Å². The zero-order valence-corrected chi connectivity index (χ0v) is 11.8. The lowest BCUT2D eigenvalue weighted by atomic mass is 10.2. The van der Waals surface area contributed by atoms with Gasteiger partial charge in [-0.2, -0.15) is 0 Å². The zero-order chi connectivity index (χ0) is 13.1. The average molecular weight is 241 g/mol. The minimum Gasteiger partial charge on any atom is -0.364 e. The molecule has 0 aliphatic rings. The second-order valence-corrected chi connectivity index (χ2v) is 4.31. The van der Waals surface area contributed by atoms with Crippen molar-refractivity contribution >= 4 is 5.97 Å². The van der Waals surface area contributed by atoms with E-state index in [4.69, 9.17) is 4.84 Å². The molecular formula is C14H27NO2. The highest BCUT2D eigenvalue weighted by atomic mass is 16.7. The van der Waals surface area contributed by atoms with Crippen LogP contribution in [0, 0.1) is 0 Å². The number of hydrogen-bond acceptors (Lipinski definition) is 3. The smallest absolute Gasteiger partial charge is 0.352 e. The molecule has 0 rings (SSSR count). The van der Waals surface area contributed by atoms with Crippen LogP contribution in [0.5, 0.6) is 0 Å². The third-order valence-corrected chi connectivity index (χ3v) is 2.57. The van der Waals surface area contributed by atoms with Crippen LogP contribution in [0.2, 0.25) is 0 Å². The van der Waals surface area contributed by atoms with Crippen LogP contribution in [-0.2, 0) is 9.63 Å². The zero-order valence-electron chi connectivity index (χ0n) is 11.8. The number of carbonyl (C=O) groups excluding carboxylic acids is 1. The summed E-state index contributed by atoms with van der Waals surface area (Å²) in [6.07, 6.45) is 7.12. The summed E-state index contributed by atoms with van der Waals surface area (Å²) in [6.45, 7) is 9.78. The van der Waals surface area contributed by atoms with Gasteiger partial charge < -0.3 is 4.84 Å². The Morgan fingerprint density at radius 2 is 1.65 bits per heavy atom. The highest BCUT2D eigenvalue weighted by Gasteiger charge is 2.12. The van der Waals surface area contributed by atoms with Crippen LogP contribution in [0.25, 0.3) is 0 Å². The van der Waals surface area contributed by atoms with Crippen LogP contribution in [0.3, 0.4) is 0 Å². The summed E-state index contributed by atoms with van der Waals surface area (Å²) < 4.78 is 0. The van der Waals surface area contributed by atoms with Crippen LogP contribution in [0.1, 0.15) is 59.8 Å². The largest absolute Gasteiger partial charge is 0.364 e. The van der Waals surface area contributed by atoms with Gasteiger partial charge in [-0.15, -0.1) is 5.06 Å². The van der Waals surface area contributed by atoms with Crippen molar-refractivity contribution in [1.29, 1.82) is 0 Å². The molecule has 0 amide bonds. The fourth-order valence-electron chi connectivity index (χ4n) is 1.45. The first-order valence-electron chi connectivity index (χ1n) is 6.79. The van der Waals surface area contributed by atoms with E-state index in [1.54, 1.807) is 0 Å². The monoisotopic (exact) mass is 241 g/mol. The summed E-state index contributed by atoms with van der Waals surface area (Å²) in [5.74, 6) is -0.209. The summed E-state index contributed by atoms with van der Waals surface area (Å²) >= 11 is 0. The van der Waals surface area contributed by atoms with E-state index in [2.05, 4.69) is 13.8 Å². The molecule has 0 aliphatic carbocycles. The van der Waals surface area contributed by atoms with E-state index in [1.807, 2.05) is 25.0 Å². The Labute approximate surface area is 106 Å². The first kappa shape index (κ1) is 16.2. The molecule has 0 atom stereocenters. The van der Waals surface area contributed by atoms with Gasteiger partial charge in [-0.3, -0.25) is 0 Å². The molecule has 0 fully saturated rings. The normalized spacial score (nSPS) is 11.9. The predicted molar refractivity (Wildman–Crippen MR) is 71.5 cm³/mol. The molecule has 0 bridgehead atoms. The number of rotatable bonds is 9. The van der Waals surface area contributed by atoms with E-state index in [0.717, 1.165) is 45.2 Å². The van der Waals surface area contributed by atoms with E-state index in [9.17, 15) is 4.79 Å². The lowest BCUT2D eigenvalue weighted by molar-refractivity contribution is -0.186. The third-order valence-electron chi connectivity index (χ3n) is 2.57. The van der Waals surface area contributed by atoms with Crippen molar-refractivity contribution in [2.45, 2.75) is 59.8 Å². The Bertz CT molecular complexity index is 228. The predicted octanol–water partition coefficient (Wildman–Crippen LogP) is 3.70. The van der Waals surface area contributed by atoms with E-state index >= 15 is 0 Å². The number of carbonyl (C=O) groups is 1. The van der Waals surface area contributed by atoms with Gasteiger partial charge in [-0.1, -0.05) is 39.7 Å². The summed E-state index contributed by atoms with van der Waals surface area (Å²) in [7, 11) is 0. The number of nitrogens with zero attached hydrogens (tertiary/aromatic N) is 1. The summed E-state index contributed by atoms with van der Waals surface area (Å²) in [4.78, 5) is 17.1. The Balaban J connectivity index is 4.20. The SMILES string of the molecule is CCC=C(C)C(=O)ON(CCCC)CCCC. The van der Waals surface area contributed by atoms with Crippen LogP contribution in [-0.4, -0.2) is 24.1 Å². The molecule has 100 valence electrons. The molecular weight excluding hydrogens is 214 g/mol. The summed E-state index contributed by atoms with van der Waals surface area (Å²) in [5, 5.41) is 1.81. The van der Waals surface area contributed by atoms with E-state index < -0.39 is 0 Å². The molecule has 0 saturated heterocycles. The molecule has 0 unspecified atom stereocenters. The van der Waals surface area contributed by atoms with Gasteiger partial charge in [0.05, 0.1) is 0 Å². The fraction of sp³-hybridized carbons (Fsp3) is 0.786. The fourth-order valence-corrected chi connectivity index (χ4v) is 1.45. The maximum absolute atomic E-state index is 11.7. The molecule has 0 radical (unpaired) electrons. The van der Waals surface area contributed by atoms with Crippen molar-refractivity contribution in [2.75, 3.05) is 13.1 Å². The lowest BCUT2D eigenvalue weighted by Gasteiger charge is -2.20. The minimum atomic E-state index is -0.209. The van der Waals surface area contributed by atoms with E-state index in [-0.39, 0.29) is 5.97 Å². The quantitative estimate of drug-likeness (QED) is 0.455. The maximum Gasteiger partial charge on any atom is 0.352 e. The van der Waals surface area contributed by atoms with Gasteiger partial charge in [0.15, 0.2) is 0 Å². The first-order chi connectivity index (χ1) is 8.15. The number of hydroxylamine groups is 2. The van der Waals surface area contributed by atoms with Crippen molar-refractivity contribution in [3.63, 3.8) is 0 Å². The molecule has 0 aromatic heterocycles. The van der Waals surface area contributed by atoms with Crippen LogP contribution in [0.15, 0.2) is 11.6 Å². The van der Waals surface area contributed by atoms with E-state index in [1.165, 1.54) is 0 Å². The Hall–Kier alpha value is -0.830. The Morgan fingerprint density at radius 3 is 2.06 bits per heavy atom. The molecule has 0 aromatic carbocycles. The van der Waals surface area contributed by atoms with Gasteiger partial charge in [-0.05, 0) is 26.2 Å². The Kier molecular flexibility index (Phi) is 9.83. The second kappa shape index (κ2) is 10.3. The second-order valence-electron chi connectivity index (χ2n) is 4.31. The highest BCUT2D eigenvalue weighted by molar-refractivity contribution is 5.87. The van der Waals surface area contributed by atoms with Crippen LogP contribution in [0.4, 0.5) is 0 Å². The molecule has 0 aliphatic heterocycles. The lowest BCUT2D eigenvalue weighted by Crippen LogP contribution is -2.29. The van der Waals surface area contributed by atoms with Gasteiger partial charge in [0.2, 0.25) is 0 Å². The van der Waals surface area contributed by atoms with Crippen molar-refractivity contribution in [2.24, 2.45) is 0 Å². The molecule has 0 aromatic rings. The van der Waals surface area contributed by atoms with Gasteiger partial charge in [0.1, 0.15) is 0 Å². The average Bonchev–Trinajstić information content (AvgIpc) is 2.32. The maximum atomic E-state index is 11.7.